The maximum Gasteiger partial charge on any atom is 0.224 e. The molecular formula is C13H20ClN3O. The Balaban J connectivity index is 2.53. The van der Waals surface area contributed by atoms with E-state index in [-0.39, 0.29) is 11.8 Å². The smallest absolute Gasteiger partial charge is 0.224 e. The average Bonchev–Trinajstić information content (AvgIpc) is 2.30. The number of nitrogens with zero attached hydrogens (tertiary/aromatic N) is 1. The number of carbonyl (C=O) groups excluding carboxylic acids is 1. The van der Waals surface area contributed by atoms with Crippen LogP contribution >= 0.6 is 11.6 Å². The Hall–Kier alpha value is -1.13. The first-order valence-electron chi connectivity index (χ1n) is 6.12. The van der Waals surface area contributed by atoms with E-state index >= 15 is 0 Å². The fraction of sp³-hybridized carbons (Fsp3) is 0.538. The number of hydrogen-bond acceptors (Lipinski definition) is 3. The van der Waals surface area contributed by atoms with Crippen molar-refractivity contribution >= 4 is 23.2 Å². The van der Waals surface area contributed by atoms with E-state index in [2.05, 4.69) is 24.1 Å². The average molecular weight is 270 g/mol. The molecule has 0 spiro atoms. The molecule has 1 atom stereocenters. The number of carbonyl (C=O) groups is 1. The molecule has 0 bridgehead atoms. The summed E-state index contributed by atoms with van der Waals surface area (Å²) >= 11 is 5.94. The topological polar surface area (TPSA) is 68.0 Å². The van der Waals surface area contributed by atoms with E-state index in [4.69, 9.17) is 17.3 Å². The molecule has 0 saturated heterocycles. The summed E-state index contributed by atoms with van der Waals surface area (Å²) in [5.74, 6) is 0.676. The molecule has 1 heterocycles. The van der Waals surface area contributed by atoms with Gasteiger partial charge in [0.15, 0.2) is 0 Å². The van der Waals surface area contributed by atoms with Gasteiger partial charge in [0.1, 0.15) is 0 Å². The summed E-state index contributed by atoms with van der Waals surface area (Å²) in [6.07, 6.45) is 4.49. The van der Waals surface area contributed by atoms with Crippen molar-refractivity contribution in [1.29, 1.82) is 0 Å². The van der Waals surface area contributed by atoms with Gasteiger partial charge in [-0.2, -0.15) is 0 Å². The first-order valence-corrected chi connectivity index (χ1v) is 6.50. The van der Waals surface area contributed by atoms with Crippen LogP contribution in [0.5, 0.6) is 0 Å². The Morgan fingerprint density at radius 1 is 1.56 bits per heavy atom. The highest BCUT2D eigenvalue weighted by atomic mass is 35.5. The molecule has 100 valence electrons. The van der Waals surface area contributed by atoms with Gasteiger partial charge in [-0.05, 0) is 30.9 Å². The fourth-order valence-corrected chi connectivity index (χ4v) is 2.01. The zero-order chi connectivity index (χ0) is 13.5. The molecule has 0 saturated carbocycles. The molecule has 0 aliphatic rings. The van der Waals surface area contributed by atoms with Gasteiger partial charge in [0, 0.05) is 12.6 Å². The minimum Gasteiger partial charge on any atom is -0.330 e. The van der Waals surface area contributed by atoms with Gasteiger partial charge in [0.05, 0.1) is 16.9 Å². The van der Waals surface area contributed by atoms with Crippen LogP contribution < -0.4 is 11.1 Å². The molecule has 1 unspecified atom stereocenters. The molecular weight excluding hydrogens is 250 g/mol. The lowest BCUT2D eigenvalue weighted by atomic mass is 9.94. The second-order valence-electron chi connectivity index (χ2n) is 4.84. The minimum atomic E-state index is -0.0685. The Labute approximate surface area is 113 Å². The Kier molecular flexibility index (Phi) is 6.09. The van der Waals surface area contributed by atoms with E-state index in [1.807, 2.05) is 0 Å². The predicted molar refractivity (Wildman–Crippen MR) is 74.5 cm³/mol. The van der Waals surface area contributed by atoms with E-state index in [1.54, 1.807) is 18.5 Å². The second-order valence-corrected chi connectivity index (χ2v) is 5.25. The lowest BCUT2D eigenvalue weighted by Crippen LogP contribution is -2.23. The summed E-state index contributed by atoms with van der Waals surface area (Å²) in [6.45, 7) is 4.77. The van der Waals surface area contributed by atoms with Crippen molar-refractivity contribution in [2.75, 3.05) is 11.9 Å². The predicted octanol–water partition coefficient (Wildman–Crippen LogP) is 2.68. The van der Waals surface area contributed by atoms with Crippen LogP contribution in [0.1, 0.15) is 26.7 Å². The first-order chi connectivity index (χ1) is 8.52. The third-order valence-electron chi connectivity index (χ3n) is 2.65. The van der Waals surface area contributed by atoms with Crippen molar-refractivity contribution in [3.8, 4) is 0 Å². The van der Waals surface area contributed by atoms with Gasteiger partial charge in [0.25, 0.3) is 0 Å². The SMILES string of the molecule is CC(C)CC(CN)CC(=O)Nc1cnccc1Cl. The fourth-order valence-electron chi connectivity index (χ4n) is 1.86. The van der Waals surface area contributed by atoms with Crippen LogP contribution in [0.25, 0.3) is 0 Å². The van der Waals surface area contributed by atoms with Crippen LogP contribution in [-0.4, -0.2) is 17.4 Å². The van der Waals surface area contributed by atoms with Gasteiger partial charge in [0.2, 0.25) is 5.91 Å². The standard InChI is InChI=1S/C13H20ClN3O/c1-9(2)5-10(7-15)6-13(18)17-12-8-16-4-3-11(12)14/h3-4,8-10H,5-7,15H2,1-2H3,(H,17,18). The number of halogens is 1. The summed E-state index contributed by atoms with van der Waals surface area (Å²) < 4.78 is 0. The van der Waals surface area contributed by atoms with Gasteiger partial charge in [-0.3, -0.25) is 9.78 Å². The molecule has 1 aromatic heterocycles. The Morgan fingerprint density at radius 3 is 2.83 bits per heavy atom. The van der Waals surface area contributed by atoms with Gasteiger partial charge < -0.3 is 11.1 Å². The highest BCUT2D eigenvalue weighted by molar-refractivity contribution is 6.33. The largest absolute Gasteiger partial charge is 0.330 e. The molecule has 4 nitrogen and oxygen atoms in total. The van der Waals surface area contributed by atoms with Crippen molar-refractivity contribution in [2.24, 2.45) is 17.6 Å². The van der Waals surface area contributed by atoms with Crippen LogP contribution in [0.15, 0.2) is 18.5 Å². The van der Waals surface area contributed by atoms with Crippen molar-refractivity contribution < 1.29 is 4.79 Å². The van der Waals surface area contributed by atoms with Crippen LogP contribution in [0.4, 0.5) is 5.69 Å². The molecule has 0 aliphatic heterocycles. The maximum atomic E-state index is 11.9. The molecule has 5 heteroatoms. The van der Waals surface area contributed by atoms with Gasteiger partial charge in [-0.1, -0.05) is 25.4 Å². The van der Waals surface area contributed by atoms with Crippen LogP contribution in [0, 0.1) is 11.8 Å². The summed E-state index contributed by atoms with van der Waals surface area (Å²) in [5, 5.41) is 3.25. The highest BCUT2D eigenvalue weighted by Gasteiger charge is 2.14. The van der Waals surface area contributed by atoms with Gasteiger partial charge >= 0.3 is 0 Å². The van der Waals surface area contributed by atoms with E-state index in [9.17, 15) is 4.79 Å². The first kappa shape index (κ1) is 14.9. The zero-order valence-electron chi connectivity index (χ0n) is 10.8. The molecule has 0 aromatic carbocycles. The van der Waals surface area contributed by atoms with Crippen LogP contribution in [-0.2, 0) is 4.79 Å². The number of nitrogens with two attached hydrogens (primary N) is 1. The molecule has 18 heavy (non-hydrogen) atoms. The van der Waals surface area contributed by atoms with E-state index in [1.165, 1.54) is 0 Å². The Bertz CT molecular complexity index is 396. The third-order valence-corrected chi connectivity index (χ3v) is 2.98. The molecule has 1 amide bonds. The van der Waals surface area contributed by atoms with Gasteiger partial charge in [-0.25, -0.2) is 0 Å². The van der Waals surface area contributed by atoms with Crippen LogP contribution in [0.2, 0.25) is 5.02 Å². The number of rotatable bonds is 6. The van der Waals surface area contributed by atoms with Crippen LogP contribution in [0.3, 0.4) is 0 Å². The maximum absolute atomic E-state index is 11.9. The molecule has 1 rings (SSSR count). The summed E-state index contributed by atoms with van der Waals surface area (Å²) in [7, 11) is 0. The van der Waals surface area contributed by atoms with E-state index in [0.29, 0.717) is 29.6 Å². The van der Waals surface area contributed by atoms with E-state index in [0.717, 1.165) is 6.42 Å². The molecule has 1 aromatic rings. The van der Waals surface area contributed by atoms with Gasteiger partial charge in [-0.15, -0.1) is 0 Å². The lowest BCUT2D eigenvalue weighted by molar-refractivity contribution is -0.117. The number of nitrogens with one attached hydrogen (secondary N) is 1. The molecule has 0 fully saturated rings. The third kappa shape index (κ3) is 5.02. The number of pyridine rings is 1. The molecule has 0 radical (unpaired) electrons. The van der Waals surface area contributed by atoms with E-state index < -0.39 is 0 Å². The summed E-state index contributed by atoms with van der Waals surface area (Å²) in [6, 6.07) is 1.64. The van der Waals surface area contributed by atoms with Crippen molar-refractivity contribution in [1.82, 2.24) is 4.98 Å². The monoisotopic (exact) mass is 269 g/mol. The number of anilines is 1. The highest BCUT2D eigenvalue weighted by Crippen LogP contribution is 2.20. The van der Waals surface area contributed by atoms with Crippen molar-refractivity contribution in [3.05, 3.63) is 23.5 Å². The number of hydrogen-bond donors (Lipinski definition) is 2. The quantitative estimate of drug-likeness (QED) is 0.834. The van der Waals surface area contributed by atoms with Crippen molar-refractivity contribution in [2.45, 2.75) is 26.7 Å². The second kappa shape index (κ2) is 7.34. The van der Waals surface area contributed by atoms with Crippen molar-refractivity contribution in [3.63, 3.8) is 0 Å². The number of aromatic nitrogens is 1. The molecule has 3 N–H and O–H groups in total. The normalized spacial score (nSPS) is 12.5. The summed E-state index contributed by atoms with van der Waals surface area (Å²) in [4.78, 5) is 15.8. The Morgan fingerprint density at radius 2 is 2.28 bits per heavy atom. The minimum absolute atomic E-state index is 0.0685. The number of amides is 1. The zero-order valence-corrected chi connectivity index (χ0v) is 11.6. The molecule has 0 aliphatic carbocycles. The summed E-state index contributed by atoms with van der Waals surface area (Å²) in [5.41, 5.74) is 6.22. The lowest BCUT2D eigenvalue weighted by Gasteiger charge is -2.16.